The molecule has 0 radical (unpaired) electrons. The molecule has 1 saturated heterocycles. The lowest BCUT2D eigenvalue weighted by Gasteiger charge is -2.38. The summed E-state index contributed by atoms with van der Waals surface area (Å²) in [5.74, 6) is 0.813. The van der Waals surface area contributed by atoms with Crippen molar-refractivity contribution in [2.75, 3.05) is 11.9 Å². The van der Waals surface area contributed by atoms with Crippen LogP contribution in [0.2, 0.25) is 0 Å². The first-order chi connectivity index (χ1) is 9.95. The van der Waals surface area contributed by atoms with E-state index in [1.165, 1.54) is 6.92 Å². The number of likely N-dealkylation sites (tertiary alicyclic amines) is 1. The lowest BCUT2D eigenvalue weighted by Crippen LogP contribution is -2.46. The molecular weight excluding hydrogens is 379 g/mol. The molecular formula is C16H23IN2O2. The highest BCUT2D eigenvalue weighted by atomic mass is 127. The van der Waals surface area contributed by atoms with Gasteiger partial charge >= 0.3 is 0 Å². The standard InChI is InChI=1S/C16H23IN2O2/c1-11(2)19-9-8-15(10-16(19)17)21-14-6-4-13(5-7-14)18-12(3)20/h4-7,11,15-16H,8-10H2,1-3H3,(H,18,20). The topological polar surface area (TPSA) is 41.6 Å². The van der Waals surface area contributed by atoms with Gasteiger partial charge < -0.3 is 10.1 Å². The SMILES string of the molecule is CC(=O)Nc1ccc(OC2CCN(C(C)C)C(I)C2)cc1. The zero-order valence-corrected chi connectivity index (χ0v) is 15.0. The largest absolute Gasteiger partial charge is 0.490 e. The van der Waals surface area contributed by atoms with Gasteiger partial charge in [0.05, 0.1) is 4.05 Å². The molecule has 0 bridgehead atoms. The van der Waals surface area contributed by atoms with Crippen molar-refractivity contribution in [3.05, 3.63) is 24.3 Å². The lowest BCUT2D eigenvalue weighted by molar-refractivity contribution is -0.114. The first kappa shape index (κ1) is 16.5. The minimum atomic E-state index is -0.0579. The number of carbonyl (C=O) groups excluding carboxylic acids is 1. The number of hydrogen-bond acceptors (Lipinski definition) is 3. The summed E-state index contributed by atoms with van der Waals surface area (Å²) in [7, 11) is 0. The number of alkyl halides is 1. The van der Waals surface area contributed by atoms with E-state index in [4.69, 9.17) is 4.74 Å². The highest BCUT2D eigenvalue weighted by Crippen LogP contribution is 2.28. The molecule has 0 spiro atoms. The highest BCUT2D eigenvalue weighted by Gasteiger charge is 2.29. The second-order valence-corrected chi connectivity index (χ2v) is 7.17. The molecule has 2 rings (SSSR count). The van der Waals surface area contributed by atoms with E-state index < -0.39 is 0 Å². The van der Waals surface area contributed by atoms with Crippen LogP contribution in [0, 0.1) is 0 Å². The summed E-state index contributed by atoms with van der Waals surface area (Å²) in [6.45, 7) is 7.08. The smallest absolute Gasteiger partial charge is 0.221 e. The van der Waals surface area contributed by atoms with Gasteiger partial charge in [-0.2, -0.15) is 0 Å². The number of halogens is 1. The van der Waals surface area contributed by atoms with Gasteiger partial charge in [0.1, 0.15) is 11.9 Å². The van der Waals surface area contributed by atoms with Gasteiger partial charge in [-0.15, -0.1) is 0 Å². The van der Waals surface area contributed by atoms with Gasteiger partial charge in [-0.25, -0.2) is 0 Å². The number of benzene rings is 1. The summed E-state index contributed by atoms with van der Waals surface area (Å²) in [6.07, 6.45) is 2.38. The van der Waals surface area contributed by atoms with Crippen molar-refractivity contribution in [1.82, 2.24) is 4.90 Å². The maximum Gasteiger partial charge on any atom is 0.221 e. The number of rotatable bonds is 4. The molecule has 21 heavy (non-hydrogen) atoms. The van der Waals surface area contributed by atoms with E-state index in [9.17, 15) is 4.79 Å². The van der Waals surface area contributed by atoms with Crippen molar-refractivity contribution < 1.29 is 9.53 Å². The monoisotopic (exact) mass is 402 g/mol. The van der Waals surface area contributed by atoms with Crippen LogP contribution in [-0.4, -0.2) is 33.5 Å². The van der Waals surface area contributed by atoms with Crippen LogP contribution in [0.1, 0.15) is 33.6 Å². The van der Waals surface area contributed by atoms with Crippen molar-refractivity contribution >= 4 is 34.2 Å². The minimum Gasteiger partial charge on any atom is -0.490 e. The molecule has 0 aromatic heterocycles. The Balaban J connectivity index is 1.89. The van der Waals surface area contributed by atoms with E-state index in [0.29, 0.717) is 10.1 Å². The Morgan fingerprint density at radius 3 is 2.57 bits per heavy atom. The molecule has 1 aromatic rings. The molecule has 2 unspecified atom stereocenters. The molecule has 1 N–H and O–H groups in total. The molecule has 4 nitrogen and oxygen atoms in total. The summed E-state index contributed by atoms with van der Waals surface area (Å²) in [5.41, 5.74) is 0.802. The first-order valence-corrected chi connectivity index (χ1v) is 8.64. The zero-order chi connectivity index (χ0) is 15.4. The van der Waals surface area contributed by atoms with Crippen LogP contribution in [0.25, 0.3) is 0 Å². The Morgan fingerprint density at radius 1 is 1.38 bits per heavy atom. The summed E-state index contributed by atoms with van der Waals surface area (Å²) < 4.78 is 6.60. The molecule has 0 saturated carbocycles. The van der Waals surface area contributed by atoms with Gasteiger partial charge in [-0.3, -0.25) is 9.69 Å². The Hall–Kier alpha value is -0.820. The fourth-order valence-corrected chi connectivity index (χ4v) is 4.09. The number of ether oxygens (including phenoxy) is 1. The normalized spacial score (nSPS) is 23.1. The number of nitrogens with zero attached hydrogens (tertiary/aromatic N) is 1. The van der Waals surface area contributed by atoms with Gasteiger partial charge in [-0.05, 0) is 44.5 Å². The van der Waals surface area contributed by atoms with Crippen molar-refractivity contribution in [3.63, 3.8) is 0 Å². The van der Waals surface area contributed by atoms with Gasteiger partial charge in [0.25, 0.3) is 0 Å². The summed E-state index contributed by atoms with van der Waals surface area (Å²) in [5, 5.41) is 2.76. The van der Waals surface area contributed by atoms with Crippen molar-refractivity contribution in [3.8, 4) is 5.75 Å². The van der Waals surface area contributed by atoms with Crippen LogP contribution < -0.4 is 10.1 Å². The van der Waals surface area contributed by atoms with E-state index in [0.717, 1.165) is 30.8 Å². The minimum absolute atomic E-state index is 0.0579. The van der Waals surface area contributed by atoms with E-state index >= 15 is 0 Å². The molecule has 1 aliphatic heterocycles. The second-order valence-electron chi connectivity index (χ2n) is 5.74. The molecule has 0 aliphatic carbocycles. The Kier molecular flexibility index (Phi) is 5.87. The van der Waals surface area contributed by atoms with E-state index in [1.54, 1.807) is 0 Å². The number of piperidine rings is 1. The second kappa shape index (κ2) is 7.45. The summed E-state index contributed by atoms with van der Waals surface area (Å²) >= 11 is 2.51. The fourth-order valence-electron chi connectivity index (χ4n) is 2.60. The first-order valence-electron chi connectivity index (χ1n) is 7.40. The molecule has 116 valence electrons. The predicted molar refractivity (Wildman–Crippen MR) is 94.0 cm³/mol. The Labute approximate surface area is 140 Å². The molecule has 5 heteroatoms. The number of nitrogens with one attached hydrogen (secondary N) is 1. The molecule has 1 amide bonds. The van der Waals surface area contributed by atoms with Gasteiger partial charge in [0, 0.05) is 31.6 Å². The number of amides is 1. The average Bonchev–Trinajstić information content (AvgIpc) is 2.40. The zero-order valence-electron chi connectivity index (χ0n) is 12.8. The molecule has 1 heterocycles. The maximum absolute atomic E-state index is 11.0. The van der Waals surface area contributed by atoms with Crippen LogP contribution in [0.3, 0.4) is 0 Å². The molecule has 1 fully saturated rings. The van der Waals surface area contributed by atoms with Crippen molar-refractivity contribution in [1.29, 1.82) is 0 Å². The average molecular weight is 402 g/mol. The fraction of sp³-hybridized carbons (Fsp3) is 0.562. The third kappa shape index (κ3) is 4.85. The summed E-state index contributed by atoms with van der Waals surface area (Å²) in [4.78, 5) is 13.5. The number of carbonyl (C=O) groups is 1. The van der Waals surface area contributed by atoms with Crippen LogP contribution in [0.5, 0.6) is 5.75 Å². The van der Waals surface area contributed by atoms with Crippen LogP contribution in [0.15, 0.2) is 24.3 Å². The molecule has 2 atom stereocenters. The van der Waals surface area contributed by atoms with Crippen LogP contribution in [0.4, 0.5) is 5.69 Å². The summed E-state index contributed by atoms with van der Waals surface area (Å²) in [6, 6.07) is 8.18. The maximum atomic E-state index is 11.0. The van der Waals surface area contributed by atoms with E-state index in [1.807, 2.05) is 24.3 Å². The van der Waals surface area contributed by atoms with Gasteiger partial charge in [0.15, 0.2) is 0 Å². The quantitative estimate of drug-likeness (QED) is 0.475. The third-order valence-corrected chi connectivity index (χ3v) is 4.89. The van der Waals surface area contributed by atoms with Crippen molar-refractivity contribution in [2.24, 2.45) is 0 Å². The predicted octanol–water partition coefficient (Wildman–Crippen LogP) is 3.66. The Bertz CT molecular complexity index is 476. The molecule has 1 aliphatic rings. The van der Waals surface area contributed by atoms with Crippen molar-refractivity contribution in [2.45, 2.75) is 49.8 Å². The number of anilines is 1. The lowest BCUT2D eigenvalue weighted by atomic mass is 10.1. The van der Waals surface area contributed by atoms with E-state index in [2.05, 4.69) is 46.7 Å². The number of hydrogen-bond donors (Lipinski definition) is 1. The van der Waals surface area contributed by atoms with Gasteiger partial charge in [-0.1, -0.05) is 22.6 Å². The van der Waals surface area contributed by atoms with E-state index in [-0.39, 0.29) is 12.0 Å². The third-order valence-electron chi connectivity index (χ3n) is 3.67. The van der Waals surface area contributed by atoms with Crippen LogP contribution >= 0.6 is 22.6 Å². The molecule has 1 aromatic carbocycles. The van der Waals surface area contributed by atoms with Crippen LogP contribution in [-0.2, 0) is 4.79 Å². The highest BCUT2D eigenvalue weighted by molar-refractivity contribution is 14.1. The van der Waals surface area contributed by atoms with Gasteiger partial charge in [0.2, 0.25) is 5.91 Å². The Morgan fingerprint density at radius 2 is 2.05 bits per heavy atom.